The summed E-state index contributed by atoms with van der Waals surface area (Å²) in [7, 11) is 0. The van der Waals surface area contributed by atoms with Gasteiger partial charge in [-0.3, -0.25) is 9.69 Å². The van der Waals surface area contributed by atoms with Gasteiger partial charge in [0.1, 0.15) is 0 Å². The van der Waals surface area contributed by atoms with Crippen LogP contribution in [0.4, 0.5) is 0 Å². The van der Waals surface area contributed by atoms with Gasteiger partial charge in [0.2, 0.25) is 5.91 Å². The van der Waals surface area contributed by atoms with Crippen LogP contribution in [0.2, 0.25) is 0 Å². The molecule has 1 aromatic carbocycles. The Bertz CT molecular complexity index is 489. The standard InChI is InChI=1S/C17H26N2O2/c1-12-6-4-5-7-15(12)14(3)18-17(21)10-19-9-8-13(2)16(19)11-20/h4-7,13-14,16,20H,8-11H2,1-3H3,(H,18,21). The lowest BCUT2D eigenvalue weighted by molar-refractivity contribution is -0.123. The summed E-state index contributed by atoms with van der Waals surface area (Å²) in [6.07, 6.45) is 1.05. The van der Waals surface area contributed by atoms with Crippen molar-refractivity contribution < 1.29 is 9.90 Å². The third-order valence-electron chi connectivity index (χ3n) is 4.56. The molecule has 2 rings (SSSR count). The Morgan fingerprint density at radius 3 is 2.86 bits per heavy atom. The number of carbonyl (C=O) groups is 1. The van der Waals surface area contributed by atoms with Crippen LogP contribution in [0.5, 0.6) is 0 Å². The van der Waals surface area contributed by atoms with E-state index < -0.39 is 0 Å². The van der Waals surface area contributed by atoms with Gasteiger partial charge >= 0.3 is 0 Å². The number of hydrogen-bond donors (Lipinski definition) is 2. The molecule has 0 bridgehead atoms. The molecule has 0 spiro atoms. The summed E-state index contributed by atoms with van der Waals surface area (Å²) in [5.41, 5.74) is 2.34. The van der Waals surface area contributed by atoms with E-state index in [4.69, 9.17) is 0 Å². The van der Waals surface area contributed by atoms with E-state index in [0.717, 1.165) is 18.5 Å². The number of nitrogens with zero attached hydrogens (tertiary/aromatic N) is 1. The first-order valence-electron chi connectivity index (χ1n) is 7.72. The molecule has 0 aliphatic carbocycles. The molecule has 1 aliphatic rings. The minimum atomic E-state index is 0.00584. The molecule has 1 amide bonds. The number of aliphatic hydroxyl groups is 1. The third kappa shape index (κ3) is 3.83. The van der Waals surface area contributed by atoms with E-state index in [1.807, 2.05) is 19.1 Å². The van der Waals surface area contributed by atoms with Gasteiger partial charge in [0.05, 0.1) is 19.2 Å². The van der Waals surface area contributed by atoms with Gasteiger partial charge in [-0.05, 0) is 43.9 Å². The second-order valence-electron chi connectivity index (χ2n) is 6.13. The molecule has 4 nitrogen and oxygen atoms in total. The smallest absolute Gasteiger partial charge is 0.234 e. The third-order valence-corrected chi connectivity index (χ3v) is 4.56. The maximum atomic E-state index is 12.2. The summed E-state index contributed by atoms with van der Waals surface area (Å²) in [5.74, 6) is 0.481. The molecule has 2 N–H and O–H groups in total. The Balaban J connectivity index is 1.91. The molecule has 0 saturated carbocycles. The normalized spacial score (nSPS) is 24.0. The van der Waals surface area contributed by atoms with Crippen LogP contribution >= 0.6 is 0 Å². The van der Waals surface area contributed by atoms with Crippen molar-refractivity contribution in [2.45, 2.75) is 39.3 Å². The zero-order chi connectivity index (χ0) is 15.4. The Labute approximate surface area is 127 Å². The van der Waals surface area contributed by atoms with E-state index in [1.165, 1.54) is 5.56 Å². The van der Waals surface area contributed by atoms with Crippen molar-refractivity contribution in [2.75, 3.05) is 19.7 Å². The molecular formula is C17H26N2O2. The van der Waals surface area contributed by atoms with E-state index in [0.29, 0.717) is 12.5 Å². The molecule has 1 aromatic rings. The first-order chi connectivity index (χ1) is 10.0. The highest BCUT2D eigenvalue weighted by Crippen LogP contribution is 2.23. The van der Waals surface area contributed by atoms with E-state index >= 15 is 0 Å². The van der Waals surface area contributed by atoms with E-state index in [9.17, 15) is 9.90 Å². The average Bonchev–Trinajstić information content (AvgIpc) is 2.79. The second-order valence-corrected chi connectivity index (χ2v) is 6.13. The van der Waals surface area contributed by atoms with Crippen LogP contribution in [-0.4, -0.2) is 41.7 Å². The van der Waals surface area contributed by atoms with Crippen molar-refractivity contribution in [2.24, 2.45) is 5.92 Å². The first kappa shape index (κ1) is 16.0. The largest absolute Gasteiger partial charge is 0.395 e. The summed E-state index contributed by atoms with van der Waals surface area (Å²) in [6.45, 7) is 7.58. The monoisotopic (exact) mass is 290 g/mol. The van der Waals surface area contributed by atoms with Crippen LogP contribution in [-0.2, 0) is 4.79 Å². The Morgan fingerprint density at radius 1 is 1.48 bits per heavy atom. The van der Waals surface area contributed by atoms with Crippen LogP contribution in [0.15, 0.2) is 24.3 Å². The fourth-order valence-corrected chi connectivity index (χ4v) is 3.20. The van der Waals surface area contributed by atoms with Gasteiger partial charge < -0.3 is 10.4 Å². The number of aryl methyl sites for hydroxylation is 1. The number of likely N-dealkylation sites (tertiary alicyclic amines) is 1. The highest BCUT2D eigenvalue weighted by atomic mass is 16.3. The summed E-state index contributed by atoms with van der Waals surface area (Å²) >= 11 is 0. The van der Waals surface area contributed by atoms with Crippen molar-refractivity contribution in [3.8, 4) is 0 Å². The number of rotatable bonds is 5. The minimum absolute atomic E-state index is 0.00584. The van der Waals surface area contributed by atoms with Crippen molar-refractivity contribution in [3.05, 3.63) is 35.4 Å². The molecule has 21 heavy (non-hydrogen) atoms. The molecule has 0 radical (unpaired) electrons. The van der Waals surface area contributed by atoms with Gasteiger partial charge in [0, 0.05) is 6.04 Å². The highest BCUT2D eigenvalue weighted by Gasteiger charge is 2.31. The van der Waals surface area contributed by atoms with Crippen LogP contribution in [0.3, 0.4) is 0 Å². The summed E-state index contributed by atoms with van der Waals surface area (Å²) < 4.78 is 0. The number of nitrogens with one attached hydrogen (secondary N) is 1. The van der Waals surface area contributed by atoms with Crippen molar-refractivity contribution in [1.29, 1.82) is 0 Å². The molecule has 3 atom stereocenters. The molecule has 1 fully saturated rings. The number of amides is 1. The zero-order valence-corrected chi connectivity index (χ0v) is 13.2. The van der Waals surface area contributed by atoms with Gasteiger partial charge in [0.25, 0.3) is 0 Å². The lowest BCUT2D eigenvalue weighted by atomic mass is 10.0. The van der Waals surface area contributed by atoms with Crippen molar-refractivity contribution >= 4 is 5.91 Å². The molecule has 116 valence electrons. The minimum Gasteiger partial charge on any atom is -0.395 e. The summed E-state index contributed by atoms with van der Waals surface area (Å²) in [5, 5.41) is 12.5. The van der Waals surface area contributed by atoms with Crippen LogP contribution in [0, 0.1) is 12.8 Å². The quantitative estimate of drug-likeness (QED) is 0.870. The summed E-state index contributed by atoms with van der Waals surface area (Å²) in [6, 6.07) is 8.23. The highest BCUT2D eigenvalue weighted by molar-refractivity contribution is 5.78. The van der Waals surface area contributed by atoms with Gasteiger partial charge in [-0.15, -0.1) is 0 Å². The lowest BCUT2D eigenvalue weighted by Crippen LogP contribution is -2.43. The van der Waals surface area contributed by atoms with Crippen molar-refractivity contribution in [3.63, 3.8) is 0 Å². The number of carbonyl (C=O) groups excluding carboxylic acids is 1. The topological polar surface area (TPSA) is 52.6 Å². The molecule has 1 saturated heterocycles. The molecule has 3 unspecified atom stereocenters. The van der Waals surface area contributed by atoms with Crippen molar-refractivity contribution in [1.82, 2.24) is 10.2 Å². The lowest BCUT2D eigenvalue weighted by Gasteiger charge is -2.25. The maximum Gasteiger partial charge on any atom is 0.234 e. The molecule has 1 heterocycles. The van der Waals surface area contributed by atoms with E-state index in [1.54, 1.807) is 0 Å². The molecule has 4 heteroatoms. The van der Waals surface area contributed by atoms with E-state index in [2.05, 4.69) is 36.2 Å². The van der Waals surface area contributed by atoms with Gasteiger partial charge in [-0.1, -0.05) is 31.2 Å². The first-order valence-corrected chi connectivity index (χ1v) is 7.72. The Hall–Kier alpha value is -1.39. The molecule has 0 aromatic heterocycles. The second kappa shape index (κ2) is 7.05. The predicted octanol–water partition coefficient (Wildman–Crippen LogP) is 1.87. The van der Waals surface area contributed by atoms with Crippen LogP contribution in [0.25, 0.3) is 0 Å². The van der Waals surface area contributed by atoms with Gasteiger partial charge in [-0.2, -0.15) is 0 Å². The maximum absolute atomic E-state index is 12.2. The van der Waals surface area contributed by atoms with Crippen LogP contribution < -0.4 is 5.32 Å². The zero-order valence-electron chi connectivity index (χ0n) is 13.2. The van der Waals surface area contributed by atoms with Gasteiger partial charge in [0.15, 0.2) is 0 Å². The number of hydrogen-bond acceptors (Lipinski definition) is 3. The fourth-order valence-electron chi connectivity index (χ4n) is 3.20. The number of benzene rings is 1. The predicted molar refractivity (Wildman–Crippen MR) is 84.0 cm³/mol. The average molecular weight is 290 g/mol. The van der Waals surface area contributed by atoms with Crippen LogP contribution in [0.1, 0.15) is 37.4 Å². The Kier molecular flexibility index (Phi) is 5.37. The molecular weight excluding hydrogens is 264 g/mol. The fraction of sp³-hybridized carbons (Fsp3) is 0.588. The number of aliphatic hydroxyl groups excluding tert-OH is 1. The SMILES string of the molecule is Cc1ccccc1C(C)NC(=O)CN1CCC(C)C1CO. The summed E-state index contributed by atoms with van der Waals surface area (Å²) in [4.78, 5) is 14.3. The Morgan fingerprint density at radius 2 is 2.19 bits per heavy atom. The van der Waals surface area contributed by atoms with Gasteiger partial charge in [-0.25, -0.2) is 0 Å². The van der Waals surface area contributed by atoms with E-state index in [-0.39, 0.29) is 24.6 Å². The molecule has 1 aliphatic heterocycles.